The van der Waals surface area contributed by atoms with Crippen molar-refractivity contribution in [3.63, 3.8) is 0 Å². The van der Waals surface area contributed by atoms with E-state index < -0.39 is 5.97 Å². The monoisotopic (exact) mass is 337 g/mol. The van der Waals surface area contributed by atoms with E-state index in [-0.39, 0.29) is 42.4 Å². The standard InChI is InChI=1S/C17H27N3O4/c21-14(11-18-16(24)19-12-5-6-12)20-9-3-8-17(10-15(22)23)7-2-1-4-13(17)20/h12-13H,1-11H2,(H,22,23)(H2,18,19,24)/t13-,17+/m0/s1. The molecule has 1 aliphatic heterocycles. The maximum absolute atomic E-state index is 12.6. The zero-order chi connectivity index (χ0) is 17.2. The number of carbonyl (C=O) groups is 3. The number of rotatable bonds is 5. The summed E-state index contributed by atoms with van der Waals surface area (Å²) in [5, 5.41) is 14.8. The summed E-state index contributed by atoms with van der Waals surface area (Å²) in [4.78, 5) is 37.5. The molecule has 3 amide bonds. The molecule has 3 rings (SSSR count). The van der Waals surface area contributed by atoms with Crippen molar-refractivity contribution in [1.82, 2.24) is 15.5 Å². The van der Waals surface area contributed by atoms with Gasteiger partial charge in [0, 0.05) is 24.0 Å². The molecule has 3 aliphatic rings. The lowest BCUT2D eigenvalue weighted by molar-refractivity contribution is -0.150. The minimum absolute atomic E-state index is 0.00288. The third kappa shape index (κ3) is 3.82. The summed E-state index contributed by atoms with van der Waals surface area (Å²) >= 11 is 0. The van der Waals surface area contributed by atoms with Crippen molar-refractivity contribution in [2.45, 2.75) is 69.9 Å². The van der Waals surface area contributed by atoms with E-state index in [2.05, 4.69) is 10.6 Å². The van der Waals surface area contributed by atoms with E-state index in [9.17, 15) is 19.5 Å². The second kappa shape index (κ2) is 6.99. The van der Waals surface area contributed by atoms with Gasteiger partial charge >= 0.3 is 12.0 Å². The number of likely N-dealkylation sites (tertiary alicyclic amines) is 1. The summed E-state index contributed by atoms with van der Waals surface area (Å²) < 4.78 is 0. The first kappa shape index (κ1) is 17.0. The van der Waals surface area contributed by atoms with E-state index in [1.807, 2.05) is 4.90 Å². The number of urea groups is 1. The Morgan fingerprint density at radius 1 is 1.08 bits per heavy atom. The number of hydrogen-bond donors (Lipinski definition) is 3. The molecule has 0 aromatic carbocycles. The van der Waals surface area contributed by atoms with E-state index in [4.69, 9.17) is 0 Å². The Morgan fingerprint density at radius 2 is 1.83 bits per heavy atom. The van der Waals surface area contributed by atoms with Crippen molar-refractivity contribution in [2.75, 3.05) is 13.1 Å². The lowest BCUT2D eigenvalue weighted by Gasteiger charge is -2.52. The van der Waals surface area contributed by atoms with Crippen molar-refractivity contribution in [2.24, 2.45) is 5.41 Å². The number of carboxylic acid groups (broad SMARTS) is 1. The first-order valence-corrected chi connectivity index (χ1v) is 9.06. The van der Waals surface area contributed by atoms with Gasteiger partial charge in [0.05, 0.1) is 13.0 Å². The Bertz CT molecular complexity index is 516. The van der Waals surface area contributed by atoms with Crippen molar-refractivity contribution in [3.8, 4) is 0 Å². The number of amides is 3. The molecular formula is C17H27N3O4. The third-order valence-corrected chi connectivity index (χ3v) is 5.70. The second-order valence-electron chi connectivity index (χ2n) is 7.49. The van der Waals surface area contributed by atoms with Gasteiger partial charge in [-0.2, -0.15) is 0 Å². The molecule has 2 atom stereocenters. The molecule has 7 nitrogen and oxygen atoms in total. The van der Waals surface area contributed by atoms with Crippen LogP contribution >= 0.6 is 0 Å². The summed E-state index contributed by atoms with van der Waals surface area (Å²) in [7, 11) is 0. The van der Waals surface area contributed by atoms with Gasteiger partial charge < -0.3 is 20.6 Å². The zero-order valence-corrected chi connectivity index (χ0v) is 14.1. The maximum Gasteiger partial charge on any atom is 0.315 e. The molecule has 7 heteroatoms. The fourth-order valence-electron chi connectivity index (χ4n) is 4.44. The minimum atomic E-state index is -0.780. The van der Waals surface area contributed by atoms with Gasteiger partial charge in [0.2, 0.25) is 5.91 Å². The third-order valence-electron chi connectivity index (χ3n) is 5.70. The molecule has 0 aromatic rings. The quantitative estimate of drug-likeness (QED) is 0.707. The normalized spacial score (nSPS) is 29.5. The SMILES string of the molecule is O=C(O)C[C@]12CCCC[C@@H]1N(C(=O)CNC(=O)NC1CC1)CCC2. The molecule has 3 N–H and O–H groups in total. The van der Waals surface area contributed by atoms with E-state index in [1.54, 1.807) is 0 Å². The largest absolute Gasteiger partial charge is 0.481 e. The van der Waals surface area contributed by atoms with Gasteiger partial charge in [-0.05, 0) is 38.5 Å². The van der Waals surface area contributed by atoms with Gasteiger partial charge in [-0.15, -0.1) is 0 Å². The molecule has 0 radical (unpaired) electrons. The first-order chi connectivity index (χ1) is 11.5. The highest BCUT2D eigenvalue weighted by Gasteiger charge is 2.48. The molecule has 2 aliphatic carbocycles. The van der Waals surface area contributed by atoms with Crippen LogP contribution in [0.15, 0.2) is 0 Å². The highest BCUT2D eigenvalue weighted by atomic mass is 16.4. The van der Waals surface area contributed by atoms with E-state index in [0.717, 1.165) is 51.4 Å². The molecule has 0 bridgehead atoms. The fraction of sp³-hybridized carbons (Fsp3) is 0.824. The predicted octanol–water partition coefficient (Wildman–Crippen LogP) is 1.47. The molecule has 134 valence electrons. The van der Waals surface area contributed by atoms with Crippen LogP contribution < -0.4 is 10.6 Å². The summed E-state index contributed by atoms with van der Waals surface area (Å²) in [5.74, 6) is -0.875. The average Bonchev–Trinajstić information content (AvgIpc) is 3.35. The lowest BCUT2D eigenvalue weighted by Crippen LogP contribution is -2.58. The number of aliphatic carboxylic acids is 1. The van der Waals surface area contributed by atoms with Crippen molar-refractivity contribution >= 4 is 17.9 Å². The van der Waals surface area contributed by atoms with Crippen LogP contribution in [0.2, 0.25) is 0 Å². The van der Waals surface area contributed by atoms with E-state index in [0.29, 0.717) is 6.54 Å². The Balaban J connectivity index is 1.61. The first-order valence-electron chi connectivity index (χ1n) is 9.06. The van der Waals surface area contributed by atoms with Crippen LogP contribution in [0.25, 0.3) is 0 Å². The predicted molar refractivity (Wildman–Crippen MR) is 87.4 cm³/mol. The van der Waals surface area contributed by atoms with Gasteiger partial charge in [-0.1, -0.05) is 12.8 Å². The van der Waals surface area contributed by atoms with Crippen LogP contribution in [0.5, 0.6) is 0 Å². The van der Waals surface area contributed by atoms with Crippen molar-refractivity contribution in [3.05, 3.63) is 0 Å². The number of fused-ring (bicyclic) bond motifs is 1. The highest BCUT2D eigenvalue weighted by molar-refractivity contribution is 5.84. The van der Waals surface area contributed by atoms with E-state index >= 15 is 0 Å². The van der Waals surface area contributed by atoms with Gasteiger partial charge in [0.15, 0.2) is 0 Å². The van der Waals surface area contributed by atoms with E-state index in [1.165, 1.54) is 0 Å². The lowest BCUT2D eigenvalue weighted by atomic mass is 9.63. The number of hydrogen-bond acceptors (Lipinski definition) is 3. The summed E-state index contributed by atoms with van der Waals surface area (Å²) in [6, 6.07) is -0.0307. The highest BCUT2D eigenvalue weighted by Crippen LogP contribution is 2.48. The Labute approximate surface area is 142 Å². The molecule has 3 fully saturated rings. The van der Waals surface area contributed by atoms with Gasteiger partial charge in [0.1, 0.15) is 0 Å². The minimum Gasteiger partial charge on any atom is -0.481 e. The second-order valence-corrected chi connectivity index (χ2v) is 7.49. The van der Waals surface area contributed by atoms with Crippen molar-refractivity contribution in [1.29, 1.82) is 0 Å². The number of carbonyl (C=O) groups excluding carboxylic acids is 2. The van der Waals surface area contributed by atoms with Crippen LogP contribution in [0.4, 0.5) is 4.79 Å². The van der Waals surface area contributed by atoms with Crippen LogP contribution in [0, 0.1) is 5.41 Å². The summed E-state index contributed by atoms with van der Waals surface area (Å²) in [5.41, 5.74) is -0.283. The number of carboxylic acids is 1. The number of piperidine rings is 1. The molecule has 0 unspecified atom stereocenters. The average molecular weight is 337 g/mol. The summed E-state index contributed by atoms with van der Waals surface area (Å²) in [6.45, 7) is 0.648. The van der Waals surface area contributed by atoms with Crippen LogP contribution in [-0.2, 0) is 9.59 Å². The topological polar surface area (TPSA) is 98.7 Å². The molecular weight excluding hydrogens is 310 g/mol. The molecule has 0 spiro atoms. The van der Waals surface area contributed by atoms with Gasteiger partial charge in [0.25, 0.3) is 0 Å². The summed E-state index contributed by atoms with van der Waals surface area (Å²) in [6.07, 6.45) is 7.68. The van der Waals surface area contributed by atoms with Crippen LogP contribution in [0.3, 0.4) is 0 Å². The zero-order valence-electron chi connectivity index (χ0n) is 14.1. The Morgan fingerprint density at radius 3 is 2.54 bits per heavy atom. The Kier molecular flexibility index (Phi) is 4.96. The molecule has 1 saturated heterocycles. The van der Waals surface area contributed by atoms with Crippen LogP contribution in [-0.4, -0.2) is 53.1 Å². The molecule has 1 heterocycles. The molecule has 2 saturated carbocycles. The fourth-order valence-corrected chi connectivity index (χ4v) is 4.44. The van der Waals surface area contributed by atoms with Gasteiger partial charge in [-0.25, -0.2) is 4.79 Å². The maximum atomic E-state index is 12.6. The van der Waals surface area contributed by atoms with Gasteiger partial charge in [-0.3, -0.25) is 9.59 Å². The smallest absolute Gasteiger partial charge is 0.315 e. The number of nitrogens with zero attached hydrogens (tertiary/aromatic N) is 1. The van der Waals surface area contributed by atoms with Crippen molar-refractivity contribution < 1.29 is 19.5 Å². The molecule has 0 aromatic heterocycles. The molecule has 24 heavy (non-hydrogen) atoms. The number of nitrogens with one attached hydrogen (secondary N) is 2. The Hall–Kier alpha value is -1.79. The van der Waals surface area contributed by atoms with Crippen LogP contribution in [0.1, 0.15) is 57.8 Å².